The van der Waals surface area contributed by atoms with E-state index in [0.29, 0.717) is 24.5 Å². The highest BCUT2D eigenvalue weighted by molar-refractivity contribution is 5.92. The van der Waals surface area contributed by atoms with Crippen LogP contribution in [0, 0.1) is 0 Å². The number of nitrogens with one attached hydrogen (secondary N) is 1. The molecule has 3 aromatic rings. The highest BCUT2D eigenvalue weighted by atomic mass is 16.6. The molecule has 2 aromatic carbocycles. The average molecular weight is 651 g/mol. The fourth-order valence-corrected chi connectivity index (χ4v) is 5.75. The average Bonchev–Trinajstić information content (AvgIpc) is 3.40. The molecule has 0 saturated carbocycles. The number of hydrogen-bond acceptors (Lipinski definition) is 8. The first-order valence-corrected chi connectivity index (χ1v) is 16.6. The zero-order chi connectivity index (χ0) is 34.2. The zero-order valence-corrected chi connectivity index (χ0v) is 28.6. The van der Waals surface area contributed by atoms with E-state index in [1.165, 1.54) is 6.07 Å². The third-order valence-corrected chi connectivity index (χ3v) is 7.86. The van der Waals surface area contributed by atoms with Crippen molar-refractivity contribution < 1.29 is 33.4 Å². The summed E-state index contributed by atoms with van der Waals surface area (Å²) in [4.78, 5) is 45.1. The second-order valence-corrected chi connectivity index (χ2v) is 14.2. The maximum absolute atomic E-state index is 12.4. The quantitative estimate of drug-likeness (QED) is 0.269. The summed E-state index contributed by atoms with van der Waals surface area (Å²) in [5.74, 6) is 0.488. The third-order valence-electron chi connectivity index (χ3n) is 7.86. The minimum atomic E-state index is -0.558. The molecule has 3 heterocycles. The second-order valence-electron chi connectivity index (χ2n) is 14.2. The molecule has 0 aliphatic carbocycles. The Morgan fingerprint density at radius 1 is 0.830 bits per heavy atom. The lowest BCUT2D eigenvalue weighted by Crippen LogP contribution is -2.47. The first-order valence-electron chi connectivity index (χ1n) is 16.6. The Balaban J connectivity index is 0.000000213. The number of aromatic nitrogens is 1. The predicted octanol–water partition coefficient (Wildman–Crippen LogP) is 7.67. The van der Waals surface area contributed by atoms with Gasteiger partial charge in [-0.25, -0.2) is 14.6 Å². The van der Waals surface area contributed by atoms with Crippen LogP contribution < -0.4 is 5.32 Å². The molecule has 5 rings (SSSR count). The van der Waals surface area contributed by atoms with Crippen molar-refractivity contribution in [1.82, 2.24) is 14.8 Å². The Morgan fingerprint density at radius 3 is 1.98 bits per heavy atom. The first kappa shape index (κ1) is 35.6. The topological polar surface area (TPSA) is 134 Å². The Hall–Kier alpha value is -4.28. The molecule has 11 heteroatoms. The predicted molar refractivity (Wildman–Crippen MR) is 180 cm³/mol. The number of hydrogen-bond donors (Lipinski definition) is 2. The van der Waals surface area contributed by atoms with Gasteiger partial charge in [0.1, 0.15) is 22.5 Å². The van der Waals surface area contributed by atoms with E-state index in [1.807, 2.05) is 70.7 Å². The van der Waals surface area contributed by atoms with Gasteiger partial charge in [0.05, 0.1) is 5.69 Å². The lowest BCUT2D eigenvalue weighted by molar-refractivity contribution is -0.117. The number of benzene rings is 2. The molecule has 2 atom stereocenters. The molecule has 0 radical (unpaired) electrons. The summed E-state index contributed by atoms with van der Waals surface area (Å²) in [6.45, 7) is 12.5. The van der Waals surface area contributed by atoms with E-state index in [9.17, 15) is 19.5 Å². The monoisotopic (exact) mass is 650 g/mol. The van der Waals surface area contributed by atoms with Crippen molar-refractivity contribution >= 4 is 34.9 Å². The van der Waals surface area contributed by atoms with Crippen LogP contribution in [0.3, 0.4) is 0 Å². The molecule has 256 valence electrons. The SMILES string of the molecule is CC(C)(C)OC(=O)N1CCCCC1CC(=O)Nc1ccccc1O.CC(C)(C)OC(=O)N1CCCCC1Cc1nc2ccccc2o1. The van der Waals surface area contributed by atoms with Crippen LogP contribution in [0.25, 0.3) is 11.1 Å². The third kappa shape index (κ3) is 10.9. The summed E-state index contributed by atoms with van der Waals surface area (Å²) in [5.41, 5.74) is 1.000. The van der Waals surface area contributed by atoms with Gasteiger partial charge in [0, 0.05) is 38.0 Å². The number of nitrogens with zero attached hydrogens (tertiary/aromatic N) is 3. The van der Waals surface area contributed by atoms with Crippen LogP contribution in [0.5, 0.6) is 5.75 Å². The van der Waals surface area contributed by atoms with Crippen molar-refractivity contribution in [3.8, 4) is 5.75 Å². The van der Waals surface area contributed by atoms with Crippen molar-refractivity contribution in [2.75, 3.05) is 18.4 Å². The second kappa shape index (κ2) is 15.5. The molecular formula is C36H50N4O7. The highest BCUT2D eigenvalue weighted by Gasteiger charge is 2.33. The number of anilines is 1. The minimum Gasteiger partial charge on any atom is -0.506 e. The molecule has 3 amide bonds. The number of aromatic hydroxyl groups is 1. The molecule has 2 aliphatic rings. The Morgan fingerprint density at radius 2 is 1.38 bits per heavy atom. The van der Waals surface area contributed by atoms with E-state index in [4.69, 9.17) is 13.9 Å². The number of amides is 3. The molecule has 47 heavy (non-hydrogen) atoms. The number of phenolic OH excluding ortho intramolecular Hbond substituents is 1. The summed E-state index contributed by atoms with van der Waals surface area (Å²) < 4.78 is 16.8. The van der Waals surface area contributed by atoms with Gasteiger partial charge in [0.2, 0.25) is 5.91 Å². The standard InChI is InChI=1S/C18H26N2O4.C18H24N2O3/c1-18(2,3)24-17(23)20-11-7-6-8-13(20)12-16(22)19-14-9-4-5-10-15(14)21;1-18(2,3)23-17(21)20-11-7-6-8-13(20)12-16-19-14-9-4-5-10-15(14)22-16/h4-5,9-10,13,21H,6-8,11-12H2,1-3H3,(H,19,22);4-5,9-10,13H,6-8,11-12H2,1-3H3. The number of carbonyl (C=O) groups is 3. The van der Waals surface area contributed by atoms with Gasteiger partial charge in [-0.05, 0) is 104 Å². The minimum absolute atomic E-state index is 0.0264. The van der Waals surface area contributed by atoms with Gasteiger partial charge in [-0.3, -0.25) is 4.79 Å². The molecular weight excluding hydrogens is 600 g/mol. The van der Waals surface area contributed by atoms with Crippen molar-refractivity contribution in [3.05, 3.63) is 54.4 Å². The first-order chi connectivity index (χ1) is 22.2. The van der Waals surface area contributed by atoms with Crippen LogP contribution >= 0.6 is 0 Å². The summed E-state index contributed by atoms with van der Waals surface area (Å²) in [6.07, 6.45) is 5.96. The van der Waals surface area contributed by atoms with Crippen LogP contribution in [0.2, 0.25) is 0 Å². The van der Waals surface area contributed by atoms with E-state index < -0.39 is 11.2 Å². The van der Waals surface area contributed by atoms with Gasteiger partial charge >= 0.3 is 12.2 Å². The summed E-state index contributed by atoms with van der Waals surface area (Å²) in [5, 5.41) is 12.4. The molecule has 2 saturated heterocycles. The maximum Gasteiger partial charge on any atom is 0.410 e. The molecule has 2 unspecified atom stereocenters. The normalized spacial score (nSPS) is 18.6. The lowest BCUT2D eigenvalue weighted by Gasteiger charge is -2.36. The Bertz CT molecular complexity index is 1470. The van der Waals surface area contributed by atoms with Crippen molar-refractivity contribution in [2.45, 2.75) is 116 Å². The number of ether oxygens (including phenoxy) is 2. The molecule has 0 spiro atoms. The number of phenols is 1. The number of piperidine rings is 2. The van der Waals surface area contributed by atoms with Crippen LogP contribution in [-0.2, 0) is 20.7 Å². The number of likely N-dealkylation sites (tertiary alicyclic amines) is 2. The van der Waals surface area contributed by atoms with Crippen molar-refractivity contribution in [3.63, 3.8) is 0 Å². The van der Waals surface area contributed by atoms with E-state index in [2.05, 4.69) is 10.3 Å². The fraction of sp³-hybridized carbons (Fsp3) is 0.556. The van der Waals surface area contributed by atoms with Gasteiger partial charge < -0.3 is 34.1 Å². The Labute approximate surface area is 277 Å². The fourth-order valence-electron chi connectivity index (χ4n) is 5.75. The summed E-state index contributed by atoms with van der Waals surface area (Å²) in [7, 11) is 0. The molecule has 11 nitrogen and oxygen atoms in total. The van der Waals surface area contributed by atoms with Gasteiger partial charge in [0.15, 0.2) is 11.5 Å². The number of carbonyl (C=O) groups excluding carboxylic acids is 3. The largest absolute Gasteiger partial charge is 0.506 e. The van der Waals surface area contributed by atoms with Gasteiger partial charge in [-0.15, -0.1) is 0 Å². The molecule has 0 bridgehead atoms. The zero-order valence-electron chi connectivity index (χ0n) is 28.6. The van der Waals surface area contributed by atoms with Gasteiger partial charge in [-0.2, -0.15) is 0 Å². The number of oxazole rings is 1. The number of rotatable bonds is 5. The van der Waals surface area contributed by atoms with Crippen molar-refractivity contribution in [2.24, 2.45) is 0 Å². The maximum atomic E-state index is 12.4. The summed E-state index contributed by atoms with van der Waals surface area (Å²) in [6, 6.07) is 14.2. The molecule has 2 aliphatic heterocycles. The van der Waals surface area contributed by atoms with E-state index in [-0.39, 0.29) is 42.3 Å². The van der Waals surface area contributed by atoms with E-state index in [1.54, 1.807) is 23.1 Å². The highest BCUT2D eigenvalue weighted by Crippen LogP contribution is 2.27. The summed E-state index contributed by atoms with van der Waals surface area (Å²) >= 11 is 0. The number of para-hydroxylation sites is 4. The molecule has 2 fully saturated rings. The van der Waals surface area contributed by atoms with E-state index >= 15 is 0 Å². The van der Waals surface area contributed by atoms with E-state index in [0.717, 1.165) is 56.2 Å². The van der Waals surface area contributed by atoms with Crippen LogP contribution in [0.15, 0.2) is 52.9 Å². The smallest absolute Gasteiger partial charge is 0.410 e. The Kier molecular flexibility index (Phi) is 11.8. The van der Waals surface area contributed by atoms with Crippen LogP contribution in [0.1, 0.15) is 92.4 Å². The number of fused-ring (bicyclic) bond motifs is 1. The van der Waals surface area contributed by atoms with Crippen molar-refractivity contribution in [1.29, 1.82) is 0 Å². The lowest BCUT2D eigenvalue weighted by atomic mass is 9.99. The van der Waals surface area contributed by atoms with Crippen LogP contribution in [-0.4, -0.2) is 74.4 Å². The molecule has 2 N–H and O–H groups in total. The molecule has 1 aromatic heterocycles. The van der Waals surface area contributed by atoms with Gasteiger partial charge in [-0.1, -0.05) is 24.3 Å². The van der Waals surface area contributed by atoms with Crippen LogP contribution in [0.4, 0.5) is 15.3 Å². The van der Waals surface area contributed by atoms with Gasteiger partial charge in [0.25, 0.3) is 0 Å².